The maximum absolute atomic E-state index is 11.9. The van der Waals surface area contributed by atoms with Gasteiger partial charge in [-0.2, -0.15) is 0 Å². The van der Waals surface area contributed by atoms with Gasteiger partial charge >= 0.3 is 5.97 Å². The van der Waals surface area contributed by atoms with Crippen molar-refractivity contribution in [2.24, 2.45) is 5.92 Å². The molecule has 6 nitrogen and oxygen atoms in total. The van der Waals surface area contributed by atoms with Gasteiger partial charge in [-0.25, -0.2) is 0 Å². The molecule has 1 saturated carbocycles. The zero-order valence-electron chi connectivity index (χ0n) is 15.9. The van der Waals surface area contributed by atoms with Crippen LogP contribution in [0.15, 0.2) is 18.2 Å². The SMILES string of the molecule is COc1ccc(CCC(=O)OCC(=O)NC2CCC(C)CC2)cc1OC. The quantitative estimate of drug-likeness (QED) is 0.719. The van der Waals surface area contributed by atoms with E-state index in [2.05, 4.69) is 12.2 Å². The summed E-state index contributed by atoms with van der Waals surface area (Å²) in [6.07, 6.45) is 5.00. The van der Waals surface area contributed by atoms with Crippen molar-refractivity contribution in [3.8, 4) is 11.5 Å². The standard InChI is InChI=1S/C20H29NO5/c1-14-4-8-16(9-5-14)21-19(22)13-26-20(23)11-7-15-6-10-17(24-2)18(12-15)25-3/h6,10,12,14,16H,4-5,7-9,11,13H2,1-3H3,(H,21,22). The molecule has 144 valence electrons. The second-order valence-corrected chi connectivity index (χ2v) is 6.87. The van der Waals surface area contributed by atoms with Crippen LogP contribution in [0.3, 0.4) is 0 Å². The van der Waals surface area contributed by atoms with Crippen LogP contribution in [0.2, 0.25) is 0 Å². The molecular weight excluding hydrogens is 334 g/mol. The fourth-order valence-electron chi connectivity index (χ4n) is 3.17. The Hall–Kier alpha value is -2.24. The first kappa shape index (κ1) is 20.1. The third kappa shape index (κ3) is 6.24. The second-order valence-electron chi connectivity index (χ2n) is 6.87. The van der Waals surface area contributed by atoms with Crippen molar-refractivity contribution >= 4 is 11.9 Å². The van der Waals surface area contributed by atoms with E-state index in [-0.39, 0.29) is 30.9 Å². The largest absolute Gasteiger partial charge is 0.493 e. The summed E-state index contributed by atoms with van der Waals surface area (Å²) < 4.78 is 15.5. The highest BCUT2D eigenvalue weighted by atomic mass is 16.5. The van der Waals surface area contributed by atoms with Crippen molar-refractivity contribution in [2.45, 2.75) is 51.5 Å². The van der Waals surface area contributed by atoms with Gasteiger partial charge in [0.05, 0.1) is 14.2 Å². The van der Waals surface area contributed by atoms with Gasteiger partial charge in [0.15, 0.2) is 18.1 Å². The summed E-state index contributed by atoms with van der Waals surface area (Å²) in [5, 5.41) is 2.95. The third-order valence-electron chi connectivity index (χ3n) is 4.81. The van der Waals surface area contributed by atoms with Gasteiger partial charge in [-0.1, -0.05) is 13.0 Å². The lowest BCUT2D eigenvalue weighted by Gasteiger charge is -2.26. The van der Waals surface area contributed by atoms with Crippen molar-refractivity contribution in [1.29, 1.82) is 0 Å². The number of carbonyl (C=O) groups is 2. The zero-order chi connectivity index (χ0) is 18.9. The van der Waals surface area contributed by atoms with Gasteiger partial charge in [0.2, 0.25) is 0 Å². The molecule has 26 heavy (non-hydrogen) atoms. The van der Waals surface area contributed by atoms with Crippen molar-refractivity contribution in [3.63, 3.8) is 0 Å². The number of esters is 1. The molecule has 0 radical (unpaired) electrons. The number of aryl methyl sites for hydroxylation is 1. The van der Waals surface area contributed by atoms with Crippen molar-refractivity contribution < 1.29 is 23.8 Å². The average Bonchev–Trinajstić information content (AvgIpc) is 2.66. The van der Waals surface area contributed by atoms with E-state index in [4.69, 9.17) is 14.2 Å². The molecule has 1 aliphatic carbocycles. The summed E-state index contributed by atoms with van der Waals surface area (Å²) in [4.78, 5) is 23.8. The minimum absolute atomic E-state index is 0.211. The Morgan fingerprint density at radius 2 is 1.77 bits per heavy atom. The fourth-order valence-corrected chi connectivity index (χ4v) is 3.17. The van der Waals surface area contributed by atoms with Gasteiger partial charge in [0.1, 0.15) is 0 Å². The predicted molar refractivity (Wildman–Crippen MR) is 98.4 cm³/mol. The van der Waals surface area contributed by atoms with Crippen LogP contribution in [0.1, 0.15) is 44.6 Å². The minimum atomic E-state index is -0.382. The summed E-state index contributed by atoms with van der Waals surface area (Å²) >= 11 is 0. The molecule has 1 aromatic rings. The Morgan fingerprint density at radius 3 is 2.42 bits per heavy atom. The van der Waals surface area contributed by atoms with E-state index in [1.807, 2.05) is 12.1 Å². The van der Waals surface area contributed by atoms with Gasteiger partial charge in [-0.05, 0) is 55.7 Å². The van der Waals surface area contributed by atoms with Crippen LogP contribution in [-0.4, -0.2) is 38.7 Å². The van der Waals surface area contributed by atoms with Gasteiger partial charge < -0.3 is 19.5 Å². The van der Waals surface area contributed by atoms with Crippen LogP contribution >= 0.6 is 0 Å². The first-order chi connectivity index (χ1) is 12.5. The van der Waals surface area contributed by atoms with Crippen LogP contribution in [0.5, 0.6) is 11.5 Å². The van der Waals surface area contributed by atoms with Crippen LogP contribution < -0.4 is 14.8 Å². The lowest BCUT2D eigenvalue weighted by atomic mass is 9.87. The first-order valence-electron chi connectivity index (χ1n) is 9.17. The van der Waals surface area contributed by atoms with Gasteiger partial charge in [-0.15, -0.1) is 0 Å². The molecule has 0 heterocycles. The summed E-state index contributed by atoms with van der Waals surface area (Å²) in [6, 6.07) is 5.73. The number of benzene rings is 1. The van der Waals surface area contributed by atoms with Gasteiger partial charge in [-0.3, -0.25) is 9.59 Å². The van der Waals surface area contributed by atoms with Crippen LogP contribution in [-0.2, 0) is 20.7 Å². The molecule has 0 aliphatic heterocycles. The normalized spacial score (nSPS) is 19.5. The molecule has 1 amide bonds. The molecule has 2 rings (SSSR count). The van der Waals surface area contributed by atoms with E-state index >= 15 is 0 Å². The highest BCUT2D eigenvalue weighted by molar-refractivity contribution is 5.80. The summed E-state index contributed by atoms with van der Waals surface area (Å²) in [5.74, 6) is 1.40. The fraction of sp³-hybridized carbons (Fsp3) is 0.600. The summed E-state index contributed by atoms with van der Waals surface area (Å²) in [6.45, 7) is 2.02. The molecule has 0 spiro atoms. The molecule has 0 bridgehead atoms. The molecule has 6 heteroatoms. The average molecular weight is 363 g/mol. The molecule has 0 saturated heterocycles. The number of hydrogen-bond donors (Lipinski definition) is 1. The Labute approximate surface area is 155 Å². The minimum Gasteiger partial charge on any atom is -0.493 e. The van der Waals surface area contributed by atoms with Crippen molar-refractivity contribution in [2.75, 3.05) is 20.8 Å². The molecule has 1 aromatic carbocycles. The van der Waals surface area contributed by atoms with E-state index in [1.54, 1.807) is 20.3 Å². The van der Waals surface area contributed by atoms with Gasteiger partial charge in [0, 0.05) is 12.5 Å². The Balaban J connectivity index is 1.69. The highest BCUT2D eigenvalue weighted by Crippen LogP contribution is 2.28. The summed E-state index contributed by atoms with van der Waals surface area (Å²) in [5.41, 5.74) is 0.945. The monoisotopic (exact) mass is 363 g/mol. The molecule has 1 N–H and O–H groups in total. The zero-order valence-corrected chi connectivity index (χ0v) is 15.9. The molecule has 0 unspecified atom stereocenters. The number of ether oxygens (including phenoxy) is 3. The highest BCUT2D eigenvalue weighted by Gasteiger charge is 2.20. The third-order valence-corrected chi connectivity index (χ3v) is 4.81. The Kier molecular flexibility index (Phi) is 7.75. The number of amides is 1. The molecule has 1 aliphatic rings. The second kappa shape index (κ2) is 10.0. The van der Waals surface area contributed by atoms with Crippen LogP contribution in [0, 0.1) is 5.92 Å². The van der Waals surface area contributed by atoms with E-state index in [9.17, 15) is 9.59 Å². The Bertz CT molecular complexity index is 608. The van der Waals surface area contributed by atoms with Crippen LogP contribution in [0.25, 0.3) is 0 Å². The first-order valence-corrected chi connectivity index (χ1v) is 9.17. The number of rotatable bonds is 8. The number of carbonyl (C=O) groups excluding carboxylic acids is 2. The van der Waals surface area contributed by atoms with Crippen LogP contribution in [0.4, 0.5) is 0 Å². The van der Waals surface area contributed by atoms with E-state index < -0.39 is 0 Å². The molecule has 0 atom stereocenters. The molecular formula is C20H29NO5. The number of methoxy groups -OCH3 is 2. The lowest BCUT2D eigenvalue weighted by molar-refractivity contribution is -0.148. The van der Waals surface area contributed by atoms with Crippen molar-refractivity contribution in [1.82, 2.24) is 5.32 Å². The molecule has 1 fully saturated rings. The number of nitrogens with one attached hydrogen (secondary N) is 1. The maximum atomic E-state index is 11.9. The smallest absolute Gasteiger partial charge is 0.306 e. The van der Waals surface area contributed by atoms with Gasteiger partial charge in [0.25, 0.3) is 5.91 Å². The lowest BCUT2D eigenvalue weighted by Crippen LogP contribution is -2.39. The maximum Gasteiger partial charge on any atom is 0.306 e. The predicted octanol–water partition coefficient (Wildman–Crippen LogP) is 2.87. The topological polar surface area (TPSA) is 73.9 Å². The van der Waals surface area contributed by atoms with E-state index in [1.165, 1.54) is 0 Å². The van der Waals surface area contributed by atoms with Crippen molar-refractivity contribution in [3.05, 3.63) is 23.8 Å². The Morgan fingerprint density at radius 1 is 1.08 bits per heavy atom. The molecule has 0 aromatic heterocycles. The number of hydrogen-bond acceptors (Lipinski definition) is 5. The summed E-state index contributed by atoms with van der Waals surface area (Å²) in [7, 11) is 3.15. The van der Waals surface area contributed by atoms with E-state index in [0.717, 1.165) is 37.2 Å². The van der Waals surface area contributed by atoms with E-state index in [0.29, 0.717) is 17.9 Å².